The molecule has 0 saturated carbocycles. The molecular weight excluding hydrogens is 296 g/mol. The largest absolute Gasteiger partial charge is 0.324 e. The molecule has 0 aliphatic heterocycles. The van der Waals surface area contributed by atoms with E-state index >= 15 is 0 Å². The van der Waals surface area contributed by atoms with E-state index in [-0.39, 0.29) is 0 Å². The van der Waals surface area contributed by atoms with Crippen molar-refractivity contribution in [2.24, 2.45) is 0 Å². The molecule has 1 heterocycles. The van der Waals surface area contributed by atoms with E-state index in [0.717, 1.165) is 14.0 Å². The molecule has 8 heteroatoms. The minimum atomic E-state index is -3.64. The zero-order valence-corrected chi connectivity index (χ0v) is 13.1. The molecule has 6 nitrogen and oxygen atoms in total. The summed E-state index contributed by atoms with van der Waals surface area (Å²) < 4.78 is 26.4. The third kappa shape index (κ3) is 3.20. The van der Waals surface area contributed by atoms with Crippen LogP contribution in [0, 0.1) is 6.92 Å². The summed E-state index contributed by atoms with van der Waals surface area (Å²) in [5.74, 6) is 1.08. The van der Waals surface area contributed by atoms with Crippen molar-refractivity contribution in [1.29, 1.82) is 0 Å². The van der Waals surface area contributed by atoms with Crippen LogP contribution in [0.1, 0.15) is 11.4 Å². The third-order valence-electron chi connectivity index (χ3n) is 2.55. The van der Waals surface area contributed by atoms with Crippen LogP contribution in [0.4, 0.5) is 0 Å². The Morgan fingerprint density at radius 1 is 1.25 bits per heavy atom. The van der Waals surface area contributed by atoms with Gasteiger partial charge in [-0.25, -0.2) is 4.98 Å². The Kier molecular flexibility index (Phi) is 4.46. The van der Waals surface area contributed by atoms with Gasteiger partial charge in [0.05, 0.1) is 0 Å². The smallest absolute Gasteiger partial charge is 0.205 e. The Hall–Kier alpha value is -1.38. The van der Waals surface area contributed by atoms with E-state index < -0.39 is 10.2 Å². The molecule has 2 aromatic rings. The monoisotopic (exact) mass is 312 g/mol. The fourth-order valence-electron chi connectivity index (χ4n) is 1.49. The molecule has 0 amide bonds. The Balaban J connectivity index is 2.25. The van der Waals surface area contributed by atoms with Crippen LogP contribution >= 0.6 is 11.8 Å². The number of thioether (sulfide) groups is 1. The average molecular weight is 312 g/mol. The van der Waals surface area contributed by atoms with Crippen LogP contribution in [0.5, 0.6) is 0 Å². The summed E-state index contributed by atoms with van der Waals surface area (Å²) in [7, 11) is -0.695. The first kappa shape index (κ1) is 15.0. The zero-order chi connectivity index (χ0) is 14.8. The molecule has 20 heavy (non-hydrogen) atoms. The quantitative estimate of drug-likeness (QED) is 0.783. The van der Waals surface area contributed by atoms with Gasteiger partial charge in [0.2, 0.25) is 5.16 Å². The van der Waals surface area contributed by atoms with Crippen molar-refractivity contribution in [2.45, 2.75) is 17.8 Å². The van der Waals surface area contributed by atoms with E-state index in [9.17, 15) is 8.42 Å². The lowest BCUT2D eigenvalue weighted by molar-refractivity contribution is 0.497. The van der Waals surface area contributed by atoms with E-state index in [4.69, 9.17) is 0 Å². The van der Waals surface area contributed by atoms with Gasteiger partial charge in [0.25, 0.3) is 0 Å². The van der Waals surface area contributed by atoms with Gasteiger partial charge in [-0.2, -0.15) is 12.7 Å². The first-order valence-corrected chi connectivity index (χ1v) is 8.33. The van der Waals surface area contributed by atoms with E-state index in [1.165, 1.54) is 25.9 Å². The molecular formula is C12H16N4O2S2. The maximum absolute atomic E-state index is 12.2. The van der Waals surface area contributed by atoms with Crippen LogP contribution in [-0.2, 0) is 16.0 Å². The molecule has 1 aromatic carbocycles. The second-order valence-electron chi connectivity index (χ2n) is 4.35. The average Bonchev–Trinajstić information content (AvgIpc) is 2.79. The fourth-order valence-corrected chi connectivity index (χ4v) is 3.54. The summed E-state index contributed by atoms with van der Waals surface area (Å²) in [4.78, 5) is 4.18. The van der Waals surface area contributed by atoms with E-state index in [1.54, 1.807) is 6.92 Å². The highest BCUT2D eigenvalue weighted by Gasteiger charge is 2.23. The molecule has 0 atom stereocenters. The second-order valence-corrected chi connectivity index (χ2v) is 7.26. The topological polar surface area (TPSA) is 68.1 Å². The number of nitrogens with zero attached hydrogens (tertiary/aromatic N) is 4. The summed E-state index contributed by atoms with van der Waals surface area (Å²) >= 11 is 1.35. The zero-order valence-electron chi connectivity index (χ0n) is 11.5. The van der Waals surface area contributed by atoms with Gasteiger partial charge in [0, 0.05) is 19.8 Å². The predicted molar refractivity (Wildman–Crippen MR) is 78.8 cm³/mol. The maximum Gasteiger partial charge on any atom is 0.324 e. The highest BCUT2D eigenvalue weighted by Crippen LogP contribution is 2.22. The lowest BCUT2D eigenvalue weighted by Crippen LogP contribution is -2.30. The Morgan fingerprint density at radius 3 is 2.50 bits per heavy atom. The molecule has 2 rings (SSSR count). The molecule has 0 fully saturated rings. The SMILES string of the molecule is Cc1nc(SCc2ccccc2)n(S(=O)(=O)N(C)C)n1. The lowest BCUT2D eigenvalue weighted by atomic mass is 10.2. The number of hydrogen-bond donors (Lipinski definition) is 0. The van der Waals surface area contributed by atoms with E-state index in [0.29, 0.717) is 16.7 Å². The molecule has 0 aliphatic carbocycles. The normalized spacial score (nSPS) is 12.0. The predicted octanol–water partition coefficient (Wildman–Crippen LogP) is 1.53. The summed E-state index contributed by atoms with van der Waals surface area (Å²) in [5, 5.41) is 4.35. The molecule has 0 bridgehead atoms. The van der Waals surface area contributed by atoms with Crippen molar-refractivity contribution in [1.82, 2.24) is 18.5 Å². The molecule has 0 spiro atoms. The molecule has 0 unspecified atom stereocenters. The van der Waals surface area contributed by atoms with Crippen molar-refractivity contribution < 1.29 is 8.42 Å². The number of aromatic nitrogens is 3. The second kappa shape index (κ2) is 5.94. The fraction of sp³-hybridized carbons (Fsp3) is 0.333. The van der Waals surface area contributed by atoms with Crippen LogP contribution in [-0.4, -0.2) is 41.0 Å². The molecule has 0 saturated heterocycles. The number of aryl methyl sites for hydroxylation is 1. The first-order valence-electron chi connectivity index (χ1n) is 5.94. The minimum absolute atomic E-state index is 0.375. The van der Waals surface area contributed by atoms with Gasteiger partial charge in [0.1, 0.15) is 5.82 Å². The molecule has 0 aliphatic rings. The van der Waals surface area contributed by atoms with E-state index in [1.807, 2.05) is 30.3 Å². The van der Waals surface area contributed by atoms with Gasteiger partial charge in [0.15, 0.2) is 0 Å². The van der Waals surface area contributed by atoms with Crippen molar-refractivity contribution in [3.63, 3.8) is 0 Å². The van der Waals surface area contributed by atoms with Gasteiger partial charge in [-0.3, -0.25) is 0 Å². The van der Waals surface area contributed by atoms with Crippen LogP contribution in [0.2, 0.25) is 0 Å². The van der Waals surface area contributed by atoms with Crippen molar-refractivity contribution in [2.75, 3.05) is 14.1 Å². The number of rotatable bonds is 5. The molecule has 0 N–H and O–H groups in total. The molecule has 0 radical (unpaired) electrons. The minimum Gasteiger partial charge on any atom is -0.205 e. The number of hydrogen-bond acceptors (Lipinski definition) is 5. The van der Waals surface area contributed by atoms with Crippen LogP contribution in [0.25, 0.3) is 0 Å². The van der Waals surface area contributed by atoms with Crippen LogP contribution in [0.3, 0.4) is 0 Å². The van der Waals surface area contributed by atoms with Crippen LogP contribution in [0.15, 0.2) is 35.5 Å². The summed E-state index contributed by atoms with van der Waals surface area (Å²) in [6, 6.07) is 9.81. The lowest BCUT2D eigenvalue weighted by Gasteiger charge is -2.12. The summed E-state index contributed by atoms with van der Waals surface area (Å²) in [5.41, 5.74) is 1.10. The van der Waals surface area contributed by atoms with Gasteiger partial charge in [-0.05, 0) is 12.5 Å². The Bertz CT molecular complexity index is 681. The highest BCUT2D eigenvalue weighted by atomic mass is 32.2. The van der Waals surface area contributed by atoms with Gasteiger partial charge < -0.3 is 0 Å². The van der Waals surface area contributed by atoms with Gasteiger partial charge >= 0.3 is 10.2 Å². The molecule has 108 valence electrons. The molecule has 1 aromatic heterocycles. The summed E-state index contributed by atoms with van der Waals surface area (Å²) in [6.45, 7) is 1.67. The first-order chi connectivity index (χ1) is 9.41. The van der Waals surface area contributed by atoms with Gasteiger partial charge in [-0.1, -0.05) is 42.1 Å². The van der Waals surface area contributed by atoms with Gasteiger partial charge in [-0.15, -0.1) is 9.19 Å². The highest BCUT2D eigenvalue weighted by molar-refractivity contribution is 7.99. The van der Waals surface area contributed by atoms with Crippen molar-refractivity contribution in [3.8, 4) is 0 Å². The Labute approximate surface area is 123 Å². The number of benzene rings is 1. The van der Waals surface area contributed by atoms with E-state index in [2.05, 4.69) is 10.1 Å². The Morgan fingerprint density at radius 2 is 1.90 bits per heavy atom. The standard InChI is InChI=1S/C12H16N4O2S2/c1-10-13-12(16(14-10)20(17,18)15(2)3)19-9-11-7-5-4-6-8-11/h4-8H,9H2,1-3H3. The summed E-state index contributed by atoms with van der Waals surface area (Å²) in [6.07, 6.45) is 0. The third-order valence-corrected chi connectivity index (χ3v) is 5.28. The maximum atomic E-state index is 12.2. The van der Waals surface area contributed by atoms with Crippen molar-refractivity contribution >= 4 is 22.0 Å². The van der Waals surface area contributed by atoms with Crippen LogP contribution < -0.4 is 0 Å². The van der Waals surface area contributed by atoms with Crippen molar-refractivity contribution in [3.05, 3.63) is 41.7 Å².